The Balaban J connectivity index is 1.61. The number of rotatable bonds is 5. The number of halogens is 2. The summed E-state index contributed by atoms with van der Waals surface area (Å²) in [6.45, 7) is 2.61. The molecule has 0 amide bonds. The Morgan fingerprint density at radius 1 is 0.826 bits per heavy atom. The van der Waals surface area contributed by atoms with Crippen LogP contribution in [-0.2, 0) is 13.0 Å². The van der Waals surface area contributed by atoms with Crippen molar-refractivity contribution < 1.29 is 8.78 Å². The maximum absolute atomic E-state index is 13.2. The van der Waals surface area contributed by atoms with Crippen molar-refractivity contribution in [1.82, 2.24) is 5.32 Å². The molecule has 0 aliphatic rings. The molecule has 23 heavy (non-hydrogen) atoms. The number of nitrogens with one attached hydrogen (secondary N) is 1. The zero-order valence-corrected chi connectivity index (χ0v) is 13.0. The fourth-order valence-corrected chi connectivity index (χ4v) is 2.73. The van der Waals surface area contributed by atoms with Gasteiger partial charge in [0.05, 0.1) is 0 Å². The molecule has 0 fully saturated rings. The van der Waals surface area contributed by atoms with E-state index in [1.807, 2.05) is 12.1 Å². The lowest BCUT2D eigenvalue weighted by molar-refractivity contribution is 0.502. The molecule has 3 aromatic carbocycles. The third-order valence-corrected chi connectivity index (χ3v) is 3.99. The molecular formula is C20H19F2N. The lowest BCUT2D eigenvalue weighted by Gasteiger charge is -2.14. The van der Waals surface area contributed by atoms with Gasteiger partial charge in [0, 0.05) is 12.6 Å². The Hall–Kier alpha value is -2.26. The average molecular weight is 311 g/mol. The van der Waals surface area contributed by atoms with Crippen LogP contribution in [0.25, 0.3) is 10.8 Å². The summed E-state index contributed by atoms with van der Waals surface area (Å²) in [5.74, 6) is -1.61. The van der Waals surface area contributed by atoms with Crippen LogP contribution in [0.2, 0.25) is 0 Å². The van der Waals surface area contributed by atoms with Gasteiger partial charge in [0.2, 0.25) is 0 Å². The first-order valence-corrected chi connectivity index (χ1v) is 7.77. The van der Waals surface area contributed by atoms with Crippen molar-refractivity contribution in [2.75, 3.05) is 0 Å². The van der Waals surface area contributed by atoms with E-state index >= 15 is 0 Å². The van der Waals surface area contributed by atoms with Crippen LogP contribution < -0.4 is 5.32 Å². The van der Waals surface area contributed by atoms with Crippen LogP contribution in [0.5, 0.6) is 0 Å². The molecule has 3 aromatic rings. The molecule has 3 rings (SSSR count). The fraction of sp³-hybridized carbons (Fsp3) is 0.200. The average Bonchev–Trinajstić information content (AvgIpc) is 2.56. The summed E-state index contributed by atoms with van der Waals surface area (Å²) in [5.41, 5.74) is 2.00. The van der Waals surface area contributed by atoms with E-state index in [0.29, 0.717) is 6.54 Å². The molecule has 1 nitrogen and oxygen atoms in total. The first-order chi connectivity index (χ1) is 11.1. The van der Waals surface area contributed by atoms with Crippen molar-refractivity contribution in [3.05, 3.63) is 83.4 Å². The second-order valence-corrected chi connectivity index (χ2v) is 5.92. The highest BCUT2D eigenvalue weighted by Crippen LogP contribution is 2.17. The minimum Gasteiger partial charge on any atom is -0.310 e. The van der Waals surface area contributed by atoms with Gasteiger partial charge in [0.15, 0.2) is 11.6 Å². The summed E-state index contributed by atoms with van der Waals surface area (Å²) in [6.07, 6.45) is 0.883. The maximum Gasteiger partial charge on any atom is 0.159 e. The Morgan fingerprint density at radius 3 is 2.35 bits per heavy atom. The SMILES string of the molecule is CC(Cc1ccc2ccccc2c1)NCc1ccc(F)c(F)c1. The second-order valence-electron chi connectivity index (χ2n) is 5.92. The molecule has 1 unspecified atom stereocenters. The Labute approximate surface area is 135 Å². The van der Waals surface area contributed by atoms with Crippen LogP contribution in [-0.4, -0.2) is 6.04 Å². The van der Waals surface area contributed by atoms with Crippen molar-refractivity contribution in [1.29, 1.82) is 0 Å². The van der Waals surface area contributed by atoms with E-state index in [2.05, 4.69) is 42.6 Å². The predicted molar refractivity (Wildman–Crippen MR) is 90.3 cm³/mol. The molecule has 1 N–H and O–H groups in total. The Bertz CT molecular complexity index is 814. The molecule has 0 radical (unpaired) electrons. The molecule has 0 heterocycles. The van der Waals surface area contributed by atoms with Gasteiger partial charge in [0.25, 0.3) is 0 Å². The third kappa shape index (κ3) is 3.93. The summed E-state index contributed by atoms with van der Waals surface area (Å²) < 4.78 is 26.1. The van der Waals surface area contributed by atoms with Gasteiger partial charge in [-0.3, -0.25) is 0 Å². The van der Waals surface area contributed by atoms with Crippen molar-refractivity contribution in [3.63, 3.8) is 0 Å². The zero-order chi connectivity index (χ0) is 16.2. The third-order valence-electron chi connectivity index (χ3n) is 3.99. The van der Waals surface area contributed by atoms with Crippen LogP contribution in [0.3, 0.4) is 0 Å². The van der Waals surface area contributed by atoms with Gasteiger partial charge in [-0.1, -0.05) is 48.5 Å². The minimum absolute atomic E-state index is 0.240. The molecule has 0 aliphatic carbocycles. The molecule has 118 valence electrons. The van der Waals surface area contributed by atoms with Crippen molar-refractivity contribution in [2.45, 2.75) is 25.9 Å². The molecule has 1 atom stereocenters. The molecule has 0 bridgehead atoms. The number of hydrogen-bond donors (Lipinski definition) is 1. The van der Waals surface area contributed by atoms with Gasteiger partial charge >= 0.3 is 0 Å². The van der Waals surface area contributed by atoms with Gasteiger partial charge in [0.1, 0.15) is 0 Å². The monoisotopic (exact) mass is 311 g/mol. The van der Waals surface area contributed by atoms with Gasteiger partial charge in [-0.15, -0.1) is 0 Å². The number of benzene rings is 3. The highest BCUT2D eigenvalue weighted by molar-refractivity contribution is 5.82. The quantitative estimate of drug-likeness (QED) is 0.711. The summed E-state index contributed by atoms with van der Waals surface area (Å²) in [5, 5.41) is 5.82. The predicted octanol–water partition coefficient (Wildman–Crippen LogP) is 4.84. The Morgan fingerprint density at radius 2 is 1.57 bits per heavy atom. The molecule has 0 spiro atoms. The van der Waals surface area contributed by atoms with Crippen LogP contribution in [0.1, 0.15) is 18.1 Å². The van der Waals surface area contributed by atoms with Crippen molar-refractivity contribution >= 4 is 10.8 Å². The van der Waals surface area contributed by atoms with E-state index in [0.717, 1.165) is 12.0 Å². The Kier molecular flexibility index (Phi) is 4.68. The van der Waals surface area contributed by atoms with Gasteiger partial charge in [-0.2, -0.15) is 0 Å². The first kappa shape index (κ1) is 15.6. The minimum atomic E-state index is -0.807. The van der Waals surface area contributed by atoms with Crippen LogP contribution in [0.15, 0.2) is 60.7 Å². The largest absolute Gasteiger partial charge is 0.310 e. The normalized spacial score (nSPS) is 12.5. The summed E-state index contributed by atoms with van der Waals surface area (Å²) in [4.78, 5) is 0. The highest BCUT2D eigenvalue weighted by atomic mass is 19.2. The smallest absolute Gasteiger partial charge is 0.159 e. The molecule has 3 heteroatoms. The van der Waals surface area contributed by atoms with Crippen molar-refractivity contribution in [3.8, 4) is 0 Å². The maximum atomic E-state index is 13.2. The molecular weight excluding hydrogens is 292 g/mol. The number of fused-ring (bicyclic) bond motifs is 1. The summed E-state index contributed by atoms with van der Waals surface area (Å²) in [7, 11) is 0. The van der Waals surface area contributed by atoms with Crippen LogP contribution in [0, 0.1) is 11.6 Å². The van der Waals surface area contributed by atoms with E-state index < -0.39 is 11.6 Å². The van der Waals surface area contributed by atoms with Gasteiger partial charge in [-0.05, 0) is 47.4 Å². The first-order valence-electron chi connectivity index (χ1n) is 7.77. The van der Waals surface area contributed by atoms with Crippen molar-refractivity contribution in [2.24, 2.45) is 0 Å². The topological polar surface area (TPSA) is 12.0 Å². The second kappa shape index (κ2) is 6.88. The summed E-state index contributed by atoms with van der Waals surface area (Å²) in [6, 6.07) is 19.0. The molecule has 0 saturated carbocycles. The van der Waals surface area contributed by atoms with Crippen LogP contribution >= 0.6 is 0 Å². The molecule has 0 aromatic heterocycles. The van der Waals surface area contributed by atoms with Gasteiger partial charge < -0.3 is 5.32 Å². The zero-order valence-electron chi connectivity index (χ0n) is 13.0. The molecule has 0 aliphatic heterocycles. The van der Waals surface area contributed by atoms with E-state index in [-0.39, 0.29) is 6.04 Å². The molecule has 0 saturated heterocycles. The van der Waals surface area contributed by atoms with E-state index in [1.165, 1.54) is 28.5 Å². The van der Waals surface area contributed by atoms with E-state index in [1.54, 1.807) is 6.07 Å². The lowest BCUT2D eigenvalue weighted by Crippen LogP contribution is -2.27. The number of hydrogen-bond acceptors (Lipinski definition) is 1. The van der Waals surface area contributed by atoms with E-state index in [9.17, 15) is 8.78 Å². The fourth-order valence-electron chi connectivity index (χ4n) is 2.73. The summed E-state index contributed by atoms with van der Waals surface area (Å²) >= 11 is 0. The standard InChI is InChI=1S/C20H19F2N/c1-14(23-13-16-7-9-19(21)20(22)12-16)10-15-6-8-17-4-2-3-5-18(17)11-15/h2-9,11-12,14,23H,10,13H2,1H3. The lowest BCUT2D eigenvalue weighted by atomic mass is 10.0. The highest BCUT2D eigenvalue weighted by Gasteiger charge is 2.06. The van der Waals surface area contributed by atoms with Gasteiger partial charge in [-0.25, -0.2) is 8.78 Å². The van der Waals surface area contributed by atoms with Crippen LogP contribution in [0.4, 0.5) is 8.78 Å². The van der Waals surface area contributed by atoms with E-state index in [4.69, 9.17) is 0 Å².